The van der Waals surface area contributed by atoms with Crippen LogP contribution >= 0.6 is 0 Å². The van der Waals surface area contributed by atoms with E-state index >= 15 is 0 Å². The number of nitrogens with two attached hydrogens (primary N) is 1. The molecule has 1 aromatic rings. The molecule has 1 amide bonds. The third kappa shape index (κ3) is 5.30. The van der Waals surface area contributed by atoms with Gasteiger partial charge in [-0.15, -0.1) is 0 Å². The fraction of sp³-hybridized carbons (Fsp3) is 0.533. The summed E-state index contributed by atoms with van der Waals surface area (Å²) in [6.07, 6.45) is 3.47. The van der Waals surface area contributed by atoms with Gasteiger partial charge in [-0.1, -0.05) is 6.42 Å². The highest BCUT2D eigenvalue weighted by Gasteiger charge is 2.06. The molecule has 0 aliphatic heterocycles. The van der Waals surface area contributed by atoms with Crippen LogP contribution in [0.1, 0.15) is 31.2 Å². The van der Waals surface area contributed by atoms with Gasteiger partial charge in [0.25, 0.3) is 0 Å². The third-order valence-electron chi connectivity index (χ3n) is 3.11. The van der Waals surface area contributed by atoms with Gasteiger partial charge in [-0.3, -0.25) is 4.79 Å². The van der Waals surface area contributed by atoms with E-state index in [2.05, 4.69) is 11.4 Å². The zero-order valence-electron chi connectivity index (χ0n) is 12.2. The van der Waals surface area contributed by atoms with Crippen molar-refractivity contribution in [2.75, 3.05) is 30.9 Å². The first-order valence-corrected chi connectivity index (χ1v) is 6.82. The number of benzene rings is 1. The van der Waals surface area contributed by atoms with Gasteiger partial charge < -0.3 is 16.0 Å². The van der Waals surface area contributed by atoms with Crippen LogP contribution in [0.2, 0.25) is 0 Å². The summed E-state index contributed by atoms with van der Waals surface area (Å²) in [5, 5.41) is 2.96. The molecule has 106 valence electrons. The lowest BCUT2D eigenvalue weighted by atomic mass is 10.1. The van der Waals surface area contributed by atoms with Crippen LogP contribution in [0.25, 0.3) is 0 Å². The van der Waals surface area contributed by atoms with E-state index < -0.39 is 0 Å². The van der Waals surface area contributed by atoms with Gasteiger partial charge in [0, 0.05) is 31.9 Å². The monoisotopic (exact) mass is 263 g/mol. The highest BCUT2D eigenvalue weighted by molar-refractivity contribution is 5.91. The normalized spacial score (nSPS) is 10.3. The average molecular weight is 263 g/mol. The van der Waals surface area contributed by atoms with Gasteiger partial charge in [0.15, 0.2) is 0 Å². The molecule has 0 fully saturated rings. The fourth-order valence-electron chi connectivity index (χ4n) is 1.89. The lowest BCUT2D eigenvalue weighted by molar-refractivity contribution is -0.116. The molecule has 0 aromatic heterocycles. The maximum atomic E-state index is 11.8. The summed E-state index contributed by atoms with van der Waals surface area (Å²) in [6, 6.07) is 6.05. The standard InChI is InChI=1S/C15H25N3O/c1-12-11-13(18(2)3)8-9-14(12)17-15(19)7-5-4-6-10-16/h8-9,11H,4-7,10,16H2,1-3H3,(H,17,19). The van der Waals surface area contributed by atoms with Crippen molar-refractivity contribution in [2.45, 2.75) is 32.6 Å². The number of hydrogen-bond acceptors (Lipinski definition) is 3. The molecule has 4 nitrogen and oxygen atoms in total. The lowest BCUT2D eigenvalue weighted by Crippen LogP contribution is -2.13. The minimum Gasteiger partial charge on any atom is -0.378 e. The molecule has 19 heavy (non-hydrogen) atoms. The molecule has 4 heteroatoms. The molecule has 1 rings (SSSR count). The summed E-state index contributed by atoms with van der Waals surface area (Å²) in [7, 11) is 4.01. The van der Waals surface area contributed by atoms with E-state index in [-0.39, 0.29) is 5.91 Å². The Balaban J connectivity index is 2.50. The molecule has 0 saturated heterocycles. The van der Waals surface area contributed by atoms with Crippen LogP contribution in [0.4, 0.5) is 11.4 Å². The van der Waals surface area contributed by atoms with Gasteiger partial charge in [-0.2, -0.15) is 0 Å². The number of unbranched alkanes of at least 4 members (excludes halogenated alkanes) is 2. The first kappa shape index (κ1) is 15.5. The number of aryl methyl sites for hydroxylation is 1. The second-order valence-corrected chi connectivity index (χ2v) is 5.04. The molecule has 0 bridgehead atoms. The average Bonchev–Trinajstić information content (AvgIpc) is 2.37. The maximum Gasteiger partial charge on any atom is 0.224 e. The van der Waals surface area contributed by atoms with Crippen molar-refractivity contribution in [3.05, 3.63) is 23.8 Å². The summed E-state index contributed by atoms with van der Waals surface area (Å²) in [6.45, 7) is 2.71. The Kier molecular flexibility index (Phi) is 6.36. The number of carbonyl (C=O) groups excluding carboxylic acids is 1. The molecule has 0 aliphatic rings. The van der Waals surface area contributed by atoms with Crippen LogP contribution in [0.5, 0.6) is 0 Å². The highest BCUT2D eigenvalue weighted by Crippen LogP contribution is 2.21. The fourth-order valence-corrected chi connectivity index (χ4v) is 1.89. The van der Waals surface area contributed by atoms with E-state index in [1.165, 1.54) is 0 Å². The largest absolute Gasteiger partial charge is 0.378 e. The summed E-state index contributed by atoms with van der Waals surface area (Å²) < 4.78 is 0. The third-order valence-corrected chi connectivity index (χ3v) is 3.11. The Hall–Kier alpha value is -1.55. The molecule has 0 unspecified atom stereocenters. The van der Waals surface area contributed by atoms with Crippen molar-refractivity contribution >= 4 is 17.3 Å². The van der Waals surface area contributed by atoms with Gasteiger partial charge in [0.1, 0.15) is 0 Å². The molecule has 0 spiro atoms. The summed E-state index contributed by atoms with van der Waals surface area (Å²) in [4.78, 5) is 13.8. The first-order valence-electron chi connectivity index (χ1n) is 6.82. The molecular weight excluding hydrogens is 238 g/mol. The number of amides is 1. The molecule has 0 atom stereocenters. The number of nitrogens with zero attached hydrogens (tertiary/aromatic N) is 1. The van der Waals surface area contributed by atoms with Crippen molar-refractivity contribution in [1.82, 2.24) is 0 Å². The van der Waals surface area contributed by atoms with Gasteiger partial charge >= 0.3 is 0 Å². The van der Waals surface area contributed by atoms with Crippen molar-refractivity contribution in [3.63, 3.8) is 0 Å². The molecule has 0 heterocycles. The van der Waals surface area contributed by atoms with Gasteiger partial charge in [0.2, 0.25) is 5.91 Å². The maximum absolute atomic E-state index is 11.8. The van der Waals surface area contributed by atoms with Crippen LogP contribution < -0.4 is 16.0 Å². The highest BCUT2D eigenvalue weighted by atomic mass is 16.1. The first-order chi connectivity index (χ1) is 9.04. The summed E-state index contributed by atoms with van der Waals surface area (Å²) in [5.74, 6) is 0.0812. The van der Waals surface area contributed by atoms with Crippen LogP contribution in [0, 0.1) is 6.92 Å². The lowest BCUT2D eigenvalue weighted by Gasteiger charge is -2.15. The topological polar surface area (TPSA) is 58.4 Å². The number of carbonyl (C=O) groups is 1. The molecular formula is C15H25N3O. The quantitative estimate of drug-likeness (QED) is 0.743. The molecule has 0 radical (unpaired) electrons. The molecule has 0 aliphatic carbocycles. The number of anilines is 2. The predicted molar refractivity (Wildman–Crippen MR) is 81.7 cm³/mol. The van der Waals surface area contributed by atoms with Crippen LogP contribution in [0.3, 0.4) is 0 Å². The summed E-state index contributed by atoms with van der Waals surface area (Å²) in [5.41, 5.74) is 8.54. The summed E-state index contributed by atoms with van der Waals surface area (Å²) >= 11 is 0. The van der Waals surface area contributed by atoms with E-state index in [4.69, 9.17) is 5.73 Å². The Bertz CT molecular complexity index is 416. The van der Waals surface area contributed by atoms with Crippen LogP contribution in [-0.4, -0.2) is 26.5 Å². The van der Waals surface area contributed by atoms with Crippen molar-refractivity contribution in [1.29, 1.82) is 0 Å². The zero-order valence-corrected chi connectivity index (χ0v) is 12.2. The Labute approximate surface area is 116 Å². The second kappa shape index (κ2) is 7.79. The number of nitrogens with one attached hydrogen (secondary N) is 1. The SMILES string of the molecule is Cc1cc(N(C)C)ccc1NC(=O)CCCCCN. The molecule has 0 saturated carbocycles. The second-order valence-electron chi connectivity index (χ2n) is 5.04. The van der Waals surface area contributed by atoms with E-state index in [0.717, 1.165) is 36.2 Å². The van der Waals surface area contributed by atoms with Gasteiger partial charge in [-0.25, -0.2) is 0 Å². The smallest absolute Gasteiger partial charge is 0.224 e. The minimum absolute atomic E-state index is 0.0812. The zero-order chi connectivity index (χ0) is 14.3. The van der Waals surface area contributed by atoms with Crippen molar-refractivity contribution < 1.29 is 4.79 Å². The van der Waals surface area contributed by atoms with E-state index in [0.29, 0.717) is 13.0 Å². The molecule has 1 aromatic carbocycles. The van der Waals surface area contributed by atoms with Gasteiger partial charge in [0.05, 0.1) is 0 Å². The molecule has 3 N–H and O–H groups in total. The Morgan fingerprint density at radius 1 is 1.26 bits per heavy atom. The predicted octanol–water partition coefficient (Wildman–Crippen LogP) is 2.52. The van der Waals surface area contributed by atoms with E-state index in [1.54, 1.807) is 0 Å². The van der Waals surface area contributed by atoms with Crippen LogP contribution in [0.15, 0.2) is 18.2 Å². The number of hydrogen-bond donors (Lipinski definition) is 2. The minimum atomic E-state index is 0.0812. The van der Waals surface area contributed by atoms with E-state index in [1.807, 2.05) is 38.1 Å². The number of rotatable bonds is 7. The van der Waals surface area contributed by atoms with E-state index in [9.17, 15) is 4.79 Å². The van der Waals surface area contributed by atoms with Crippen molar-refractivity contribution in [2.24, 2.45) is 5.73 Å². The van der Waals surface area contributed by atoms with Crippen molar-refractivity contribution in [3.8, 4) is 0 Å². The Morgan fingerprint density at radius 2 is 2.00 bits per heavy atom. The van der Waals surface area contributed by atoms with Crippen LogP contribution in [-0.2, 0) is 4.79 Å². The Morgan fingerprint density at radius 3 is 2.58 bits per heavy atom. The van der Waals surface area contributed by atoms with Gasteiger partial charge in [-0.05, 0) is 50.1 Å².